The van der Waals surface area contributed by atoms with Crippen LogP contribution in [0.5, 0.6) is 0 Å². The van der Waals surface area contributed by atoms with E-state index in [0.29, 0.717) is 10.7 Å². The summed E-state index contributed by atoms with van der Waals surface area (Å²) in [5.74, 6) is -0.986. The molecule has 7 nitrogen and oxygen atoms in total. The lowest BCUT2D eigenvalue weighted by atomic mass is 10.2. The molecule has 9 heteroatoms. The van der Waals surface area contributed by atoms with Crippen LogP contribution >= 0.6 is 11.6 Å². The molecule has 0 aliphatic carbocycles. The van der Waals surface area contributed by atoms with Gasteiger partial charge in [-0.15, -0.1) is 0 Å². The van der Waals surface area contributed by atoms with Crippen molar-refractivity contribution in [2.24, 2.45) is 0 Å². The highest BCUT2D eigenvalue weighted by atomic mass is 35.5. The fourth-order valence-corrected chi connectivity index (χ4v) is 3.18. The molecule has 0 bridgehead atoms. The molecule has 0 fully saturated rings. The van der Waals surface area contributed by atoms with Gasteiger partial charge in [0.15, 0.2) is 0 Å². The van der Waals surface area contributed by atoms with Gasteiger partial charge >= 0.3 is 0 Å². The van der Waals surface area contributed by atoms with Crippen molar-refractivity contribution < 1.29 is 18.0 Å². The van der Waals surface area contributed by atoms with Gasteiger partial charge in [0.1, 0.15) is 0 Å². The van der Waals surface area contributed by atoms with E-state index in [1.807, 2.05) is 0 Å². The summed E-state index contributed by atoms with van der Waals surface area (Å²) in [6, 6.07) is 12.2. The zero-order valence-electron chi connectivity index (χ0n) is 14.2. The number of nitrogens with zero attached hydrogens (tertiary/aromatic N) is 1. The quantitative estimate of drug-likeness (QED) is 0.781. The molecule has 0 radical (unpaired) electrons. The van der Waals surface area contributed by atoms with Crippen LogP contribution in [0.15, 0.2) is 53.4 Å². The number of sulfonamides is 1. The normalized spacial score (nSPS) is 11.2. The fourth-order valence-electron chi connectivity index (χ4n) is 2.04. The number of halogens is 1. The Balaban J connectivity index is 2.01. The molecule has 0 saturated heterocycles. The SMILES string of the molecule is CN(C)S(=O)(=O)c1cccc(C(=O)NCC(=O)Nc2cccc(Cl)c2)c1. The Labute approximate surface area is 157 Å². The standard InChI is InChI=1S/C17H18ClN3O4S/c1-21(2)26(24,25)15-8-3-5-12(9-15)17(23)19-11-16(22)20-14-7-4-6-13(18)10-14/h3-10H,11H2,1-2H3,(H,19,23)(H,20,22). The lowest BCUT2D eigenvalue weighted by Crippen LogP contribution is -2.33. The molecule has 138 valence electrons. The van der Waals surface area contributed by atoms with Crippen molar-refractivity contribution in [3.63, 3.8) is 0 Å². The third-order valence-electron chi connectivity index (χ3n) is 3.39. The van der Waals surface area contributed by atoms with E-state index >= 15 is 0 Å². The zero-order valence-corrected chi connectivity index (χ0v) is 15.8. The molecule has 0 aliphatic heterocycles. The van der Waals surface area contributed by atoms with Crippen LogP contribution < -0.4 is 10.6 Å². The van der Waals surface area contributed by atoms with Crippen LogP contribution in [0.25, 0.3) is 0 Å². The summed E-state index contributed by atoms with van der Waals surface area (Å²) in [5.41, 5.74) is 0.652. The average Bonchev–Trinajstić information content (AvgIpc) is 2.59. The van der Waals surface area contributed by atoms with Gasteiger partial charge in [-0.2, -0.15) is 0 Å². The Morgan fingerprint density at radius 3 is 2.42 bits per heavy atom. The summed E-state index contributed by atoms with van der Waals surface area (Å²) < 4.78 is 25.3. The van der Waals surface area contributed by atoms with Gasteiger partial charge in [-0.3, -0.25) is 9.59 Å². The molecule has 0 spiro atoms. The largest absolute Gasteiger partial charge is 0.343 e. The molecular formula is C17H18ClN3O4S. The van der Waals surface area contributed by atoms with E-state index in [1.165, 1.54) is 38.4 Å². The number of hydrogen-bond acceptors (Lipinski definition) is 4. The average molecular weight is 396 g/mol. The van der Waals surface area contributed by atoms with E-state index < -0.39 is 21.8 Å². The number of amides is 2. The van der Waals surface area contributed by atoms with E-state index in [2.05, 4.69) is 10.6 Å². The molecule has 2 aromatic carbocycles. The maximum absolute atomic E-state index is 12.2. The van der Waals surface area contributed by atoms with Crippen molar-refractivity contribution in [2.75, 3.05) is 26.0 Å². The van der Waals surface area contributed by atoms with E-state index in [4.69, 9.17) is 11.6 Å². The summed E-state index contributed by atoms with van der Waals surface area (Å²) in [5, 5.41) is 5.53. The van der Waals surface area contributed by atoms with Gasteiger partial charge < -0.3 is 10.6 Å². The maximum atomic E-state index is 12.2. The van der Waals surface area contributed by atoms with Gasteiger partial charge in [0.05, 0.1) is 11.4 Å². The summed E-state index contributed by atoms with van der Waals surface area (Å²) in [6.45, 7) is -0.268. The number of anilines is 1. The number of rotatable bonds is 6. The van der Waals surface area contributed by atoms with Crippen molar-refractivity contribution in [3.8, 4) is 0 Å². The Hall–Kier alpha value is -2.42. The second-order valence-electron chi connectivity index (χ2n) is 5.56. The van der Waals surface area contributed by atoms with Crippen LogP contribution in [-0.2, 0) is 14.8 Å². The van der Waals surface area contributed by atoms with Gasteiger partial charge in [-0.25, -0.2) is 12.7 Å². The Morgan fingerprint density at radius 2 is 1.77 bits per heavy atom. The van der Waals surface area contributed by atoms with Crippen molar-refractivity contribution >= 4 is 39.1 Å². The monoisotopic (exact) mass is 395 g/mol. The van der Waals surface area contributed by atoms with Gasteiger partial charge in [-0.1, -0.05) is 23.7 Å². The Morgan fingerprint density at radius 1 is 1.08 bits per heavy atom. The van der Waals surface area contributed by atoms with Crippen molar-refractivity contribution in [1.29, 1.82) is 0 Å². The summed E-state index contributed by atoms with van der Waals surface area (Å²) in [6.07, 6.45) is 0. The van der Waals surface area contributed by atoms with Gasteiger partial charge in [-0.05, 0) is 36.4 Å². The van der Waals surface area contributed by atoms with Crippen LogP contribution in [0.2, 0.25) is 5.02 Å². The highest BCUT2D eigenvalue weighted by molar-refractivity contribution is 7.89. The van der Waals surface area contributed by atoms with Crippen LogP contribution in [0.4, 0.5) is 5.69 Å². The number of benzene rings is 2. The minimum absolute atomic E-state index is 0.00136. The second-order valence-corrected chi connectivity index (χ2v) is 8.14. The minimum Gasteiger partial charge on any atom is -0.343 e. The van der Waals surface area contributed by atoms with Crippen LogP contribution in [0, 0.1) is 0 Å². The summed E-state index contributed by atoms with van der Waals surface area (Å²) >= 11 is 5.84. The molecule has 2 rings (SSSR count). The van der Waals surface area contributed by atoms with E-state index in [0.717, 1.165) is 4.31 Å². The first kappa shape index (κ1) is 19.9. The maximum Gasteiger partial charge on any atom is 0.251 e. The van der Waals surface area contributed by atoms with Crippen LogP contribution in [-0.4, -0.2) is 45.2 Å². The van der Waals surface area contributed by atoms with Gasteiger partial charge in [0, 0.05) is 30.4 Å². The topological polar surface area (TPSA) is 95.6 Å². The summed E-state index contributed by atoms with van der Waals surface area (Å²) in [7, 11) is -0.837. The molecular weight excluding hydrogens is 378 g/mol. The smallest absolute Gasteiger partial charge is 0.251 e. The van der Waals surface area contributed by atoms with E-state index in [9.17, 15) is 18.0 Å². The van der Waals surface area contributed by atoms with Crippen molar-refractivity contribution in [2.45, 2.75) is 4.90 Å². The highest BCUT2D eigenvalue weighted by Gasteiger charge is 2.18. The molecule has 0 saturated carbocycles. The van der Waals surface area contributed by atoms with Crippen LogP contribution in [0.1, 0.15) is 10.4 Å². The molecule has 0 aliphatic rings. The Kier molecular flexibility index (Phi) is 6.36. The zero-order chi connectivity index (χ0) is 19.3. The molecule has 2 amide bonds. The first-order valence-electron chi connectivity index (χ1n) is 7.56. The molecule has 0 unspecified atom stereocenters. The second kappa shape index (κ2) is 8.31. The molecule has 26 heavy (non-hydrogen) atoms. The highest BCUT2D eigenvalue weighted by Crippen LogP contribution is 2.15. The fraction of sp³-hybridized carbons (Fsp3) is 0.176. The minimum atomic E-state index is -3.65. The third kappa shape index (κ3) is 5.04. The number of carbonyl (C=O) groups excluding carboxylic acids is 2. The van der Waals surface area contributed by atoms with Gasteiger partial charge in [0.25, 0.3) is 5.91 Å². The lowest BCUT2D eigenvalue weighted by molar-refractivity contribution is -0.115. The molecule has 0 heterocycles. The lowest BCUT2D eigenvalue weighted by Gasteiger charge is -2.12. The summed E-state index contributed by atoms with van der Waals surface area (Å²) in [4.78, 5) is 24.1. The molecule has 0 atom stereocenters. The van der Waals surface area contributed by atoms with Crippen molar-refractivity contribution in [3.05, 3.63) is 59.1 Å². The van der Waals surface area contributed by atoms with Crippen LogP contribution in [0.3, 0.4) is 0 Å². The number of carbonyl (C=O) groups is 2. The number of hydrogen-bond donors (Lipinski definition) is 2. The molecule has 0 aromatic heterocycles. The molecule has 2 N–H and O–H groups in total. The van der Waals surface area contributed by atoms with E-state index in [1.54, 1.807) is 24.3 Å². The van der Waals surface area contributed by atoms with Gasteiger partial charge in [0.2, 0.25) is 15.9 Å². The number of nitrogens with one attached hydrogen (secondary N) is 2. The van der Waals surface area contributed by atoms with E-state index in [-0.39, 0.29) is 17.0 Å². The third-order valence-corrected chi connectivity index (χ3v) is 5.44. The predicted molar refractivity (Wildman–Crippen MR) is 99.7 cm³/mol. The van der Waals surface area contributed by atoms with Crippen molar-refractivity contribution in [1.82, 2.24) is 9.62 Å². The molecule has 2 aromatic rings. The Bertz CT molecular complexity index is 929. The first-order chi connectivity index (χ1) is 12.2. The predicted octanol–water partition coefficient (Wildman–Crippen LogP) is 1.96. The first-order valence-corrected chi connectivity index (χ1v) is 9.38.